The normalized spacial score (nSPS) is 25.0. The fraction of sp³-hybridized carbons (Fsp3) is 0.667. The van der Waals surface area contributed by atoms with E-state index in [1.165, 1.54) is 10.8 Å². The van der Waals surface area contributed by atoms with Crippen LogP contribution in [0.4, 0.5) is 0 Å². The van der Waals surface area contributed by atoms with Gasteiger partial charge in [-0.1, -0.05) is 0 Å². The van der Waals surface area contributed by atoms with Crippen molar-refractivity contribution in [1.82, 2.24) is 9.55 Å². The minimum atomic E-state index is -1.29. The number of hydrogen-bond acceptors (Lipinski definition) is 6. The number of ether oxygens (including phenoxy) is 1. The van der Waals surface area contributed by atoms with Crippen molar-refractivity contribution < 1.29 is 20.1 Å². The average Bonchev–Trinajstić information content (AvgIpc) is 2.82. The van der Waals surface area contributed by atoms with E-state index in [9.17, 15) is 24.9 Å². The number of aliphatic hydroxyl groups excluding tert-OH is 3. The van der Waals surface area contributed by atoms with Gasteiger partial charge in [0.25, 0.3) is 5.56 Å². The first-order chi connectivity index (χ1) is 9.47. The van der Waals surface area contributed by atoms with E-state index < -0.39 is 42.2 Å². The molecular weight excluding hydrogens is 268 g/mol. The Hall–Kier alpha value is -1.48. The van der Waals surface area contributed by atoms with Gasteiger partial charge in [-0.3, -0.25) is 14.3 Å². The first-order valence-electron chi connectivity index (χ1n) is 6.30. The van der Waals surface area contributed by atoms with Crippen LogP contribution in [-0.2, 0) is 4.74 Å². The highest BCUT2D eigenvalue weighted by atomic mass is 16.6. The van der Waals surface area contributed by atoms with Crippen molar-refractivity contribution in [2.24, 2.45) is 5.92 Å². The molecule has 2 heterocycles. The third kappa shape index (κ3) is 2.31. The van der Waals surface area contributed by atoms with E-state index >= 15 is 0 Å². The van der Waals surface area contributed by atoms with Crippen molar-refractivity contribution in [2.75, 3.05) is 19.8 Å². The van der Waals surface area contributed by atoms with Crippen LogP contribution < -0.4 is 11.2 Å². The van der Waals surface area contributed by atoms with Crippen LogP contribution >= 0.6 is 0 Å². The summed E-state index contributed by atoms with van der Waals surface area (Å²) >= 11 is 0. The Morgan fingerprint density at radius 1 is 1.40 bits per heavy atom. The fourth-order valence-corrected chi connectivity index (χ4v) is 2.47. The zero-order valence-corrected chi connectivity index (χ0v) is 11.1. The molecule has 0 saturated carbocycles. The van der Waals surface area contributed by atoms with Crippen LogP contribution in [0.25, 0.3) is 0 Å². The van der Waals surface area contributed by atoms with E-state index in [-0.39, 0.29) is 13.0 Å². The third-order valence-electron chi connectivity index (χ3n) is 3.81. The van der Waals surface area contributed by atoms with E-state index in [0.717, 1.165) is 0 Å². The number of aromatic nitrogens is 2. The van der Waals surface area contributed by atoms with Crippen molar-refractivity contribution >= 4 is 0 Å². The van der Waals surface area contributed by atoms with Crippen molar-refractivity contribution in [3.05, 3.63) is 32.6 Å². The number of H-pyrrole nitrogens is 1. The summed E-state index contributed by atoms with van der Waals surface area (Å²) in [7, 11) is 0. The maximum Gasteiger partial charge on any atom is 0.330 e. The molecule has 1 aromatic heterocycles. The van der Waals surface area contributed by atoms with Crippen LogP contribution in [0, 0.1) is 12.8 Å². The predicted molar refractivity (Wildman–Crippen MR) is 68.3 cm³/mol. The zero-order valence-electron chi connectivity index (χ0n) is 11.1. The van der Waals surface area contributed by atoms with Gasteiger partial charge in [-0.25, -0.2) is 4.79 Å². The molecule has 20 heavy (non-hydrogen) atoms. The van der Waals surface area contributed by atoms with Gasteiger partial charge in [0, 0.05) is 30.7 Å². The largest absolute Gasteiger partial charge is 0.396 e. The van der Waals surface area contributed by atoms with E-state index in [1.807, 2.05) is 0 Å². The van der Waals surface area contributed by atoms with Crippen LogP contribution in [0.1, 0.15) is 18.2 Å². The Morgan fingerprint density at radius 3 is 2.55 bits per heavy atom. The monoisotopic (exact) mass is 286 g/mol. The molecule has 112 valence electrons. The van der Waals surface area contributed by atoms with Gasteiger partial charge in [-0.15, -0.1) is 0 Å². The molecule has 0 spiro atoms. The second kappa shape index (κ2) is 5.49. The molecule has 0 bridgehead atoms. The molecule has 1 aliphatic rings. The predicted octanol–water partition coefficient (Wildman–Crippen LogP) is -1.90. The summed E-state index contributed by atoms with van der Waals surface area (Å²) < 4.78 is 6.79. The van der Waals surface area contributed by atoms with Gasteiger partial charge in [0.1, 0.15) is 11.8 Å². The average molecular weight is 286 g/mol. The highest BCUT2D eigenvalue weighted by molar-refractivity contribution is 5.03. The van der Waals surface area contributed by atoms with Crippen molar-refractivity contribution in [2.45, 2.75) is 25.2 Å². The Kier molecular flexibility index (Phi) is 4.09. The molecule has 8 nitrogen and oxygen atoms in total. The number of hydrogen-bond donors (Lipinski definition) is 4. The van der Waals surface area contributed by atoms with Crippen LogP contribution in [0.3, 0.4) is 0 Å². The van der Waals surface area contributed by atoms with Gasteiger partial charge in [-0.2, -0.15) is 0 Å². The quantitative estimate of drug-likeness (QED) is 0.512. The molecule has 2 rings (SSSR count). The van der Waals surface area contributed by atoms with E-state index in [2.05, 4.69) is 4.98 Å². The van der Waals surface area contributed by atoms with Crippen molar-refractivity contribution in [3.63, 3.8) is 0 Å². The minimum Gasteiger partial charge on any atom is -0.396 e. The van der Waals surface area contributed by atoms with Gasteiger partial charge in [0.05, 0.1) is 13.2 Å². The number of nitrogens with zero attached hydrogens (tertiary/aromatic N) is 1. The van der Waals surface area contributed by atoms with Gasteiger partial charge >= 0.3 is 5.69 Å². The van der Waals surface area contributed by atoms with Crippen LogP contribution in [0.15, 0.2) is 15.8 Å². The smallest absolute Gasteiger partial charge is 0.330 e. The lowest BCUT2D eigenvalue weighted by Crippen LogP contribution is -2.45. The van der Waals surface area contributed by atoms with E-state index in [0.29, 0.717) is 5.56 Å². The molecule has 1 saturated heterocycles. The molecule has 1 aliphatic heterocycles. The van der Waals surface area contributed by atoms with Gasteiger partial charge in [-0.05, 0) is 6.92 Å². The van der Waals surface area contributed by atoms with Crippen LogP contribution in [0.5, 0.6) is 0 Å². The van der Waals surface area contributed by atoms with Crippen LogP contribution in [-0.4, -0.2) is 50.3 Å². The second-order valence-electron chi connectivity index (χ2n) is 5.05. The molecule has 0 radical (unpaired) electrons. The Morgan fingerprint density at radius 2 is 2.05 bits per heavy atom. The first kappa shape index (κ1) is 14.9. The number of rotatable bonds is 4. The van der Waals surface area contributed by atoms with Gasteiger partial charge < -0.3 is 20.1 Å². The Labute approximate surface area is 114 Å². The summed E-state index contributed by atoms with van der Waals surface area (Å²) in [5.74, 6) is -0.498. The summed E-state index contributed by atoms with van der Waals surface area (Å²) in [4.78, 5) is 25.3. The number of aryl methyl sites for hydroxylation is 1. The molecule has 1 fully saturated rings. The van der Waals surface area contributed by atoms with Crippen LogP contribution in [0.2, 0.25) is 0 Å². The standard InChI is InChI=1S/C12H18N2O6/c1-7-3-14(11(19)13-10(7)18)9-2-8(4-15)12(5-16,6-17)20-9/h3,8-9,15-17H,2,4-6H2,1H3,(H,13,18,19)/t8-,9+/m1/s1. The molecule has 2 atom stereocenters. The summed E-state index contributed by atoms with van der Waals surface area (Å²) in [6.45, 7) is 0.331. The summed E-state index contributed by atoms with van der Waals surface area (Å²) in [6, 6.07) is 0. The molecule has 4 N–H and O–H groups in total. The third-order valence-corrected chi connectivity index (χ3v) is 3.81. The maximum atomic E-state index is 11.8. The molecule has 1 aromatic rings. The number of aliphatic hydroxyl groups is 3. The summed E-state index contributed by atoms with van der Waals surface area (Å²) in [5.41, 5.74) is -2.05. The number of nitrogens with one attached hydrogen (secondary N) is 1. The first-order valence-corrected chi connectivity index (χ1v) is 6.30. The Bertz CT molecular complexity index is 588. The van der Waals surface area contributed by atoms with Crippen molar-refractivity contribution in [1.29, 1.82) is 0 Å². The molecule has 0 unspecified atom stereocenters. The summed E-state index contributed by atoms with van der Waals surface area (Å²) in [6.07, 6.45) is 0.864. The maximum absolute atomic E-state index is 11.8. The Balaban J connectivity index is 2.39. The minimum absolute atomic E-state index is 0.253. The topological polar surface area (TPSA) is 125 Å². The second-order valence-corrected chi connectivity index (χ2v) is 5.05. The molecular formula is C12H18N2O6. The molecule has 8 heteroatoms. The number of aromatic amines is 1. The fourth-order valence-electron chi connectivity index (χ4n) is 2.47. The highest BCUT2D eigenvalue weighted by Crippen LogP contribution is 2.40. The lowest BCUT2D eigenvalue weighted by atomic mass is 9.89. The van der Waals surface area contributed by atoms with E-state index in [1.54, 1.807) is 6.92 Å². The molecule has 0 amide bonds. The zero-order chi connectivity index (χ0) is 14.9. The lowest BCUT2D eigenvalue weighted by Gasteiger charge is -2.29. The molecule has 0 aliphatic carbocycles. The van der Waals surface area contributed by atoms with Gasteiger partial charge in [0.15, 0.2) is 0 Å². The lowest BCUT2D eigenvalue weighted by molar-refractivity contribution is -0.140. The molecule has 0 aromatic carbocycles. The highest BCUT2D eigenvalue weighted by Gasteiger charge is 2.48. The summed E-state index contributed by atoms with van der Waals surface area (Å²) in [5, 5.41) is 28.2. The van der Waals surface area contributed by atoms with Gasteiger partial charge in [0.2, 0.25) is 0 Å². The van der Waals surface area contributed by atoms with E-state index in [4.69, 9.17) is 4.74 Å². The van der Waals surface area contributed by atoms with Crippen molar-refractivity contribution in [3.8, 4) is 0 Å². The SMILES string of the molecule is Cc1cn([C@@H]2C[C@H](CO)C(CO)(CO)O2)c(=O)[nH]c1=O.